The lowest BCUT2D eigenvalue weighted by Crippen LogP contribution is -2.22. The van der Waals surface area contributed by atoms with Gasteiger partial charge in [0, 0.05) is 5.56 Å². The Morgan fingerprint density at radius 1 is 1.11 bits per heavy atom. The van der Waals surface area contributed by atoms with Crippen LogP contribution in [0.3, 0.4) is 0 Å². The van der Waals surface area contributed by atoms with Crippen molar-refractivity contribution in [1.29, 1.82) is 0 Å². The number of methoxy groups -OCH3 is 3. The van der Waals surface area contributed by atoms with E-state index in [4.69, 9.17) is 14.2 Å². The van der Waals surface area contributed by atoms with E-state index in [0.717, 1.165) is 11.0 Å². The van der Waals surface area contributed by atoms with Gasteiger partial charge in [-0.25, -0.2) is 10.4 Å². The number of imidazole rings is 1. The standard InChI is InChI=1S/C19H20N4O4/c1-25-16-9-8-13(18(26-2)19(16)27-3)10-21-22-17(24)11-23-12-20-14-6-4-5-7-15(14)23/h4-10,12H,11H2,1-3H3,(H,22,24)/b21-10+. The molecule has 0 aliphatic heterocycles. The molecule has 27 heavy (non-hydrogen) atoms. The van der Waals surface area contributed by atoms with E-state index in [1.54, 1.807) is 30.1 Å². The van der Waals surface area contributed by atoms with Crippen molar-refractivity contribution in [3.05, 3.63) is 48.3 Å². The molecular weight excluding hydrogens is 348 g/mol. The van der Waals surface area contributed by atoms with Gasteiger partial charge in [-0.3, -0.25) is 4.79 Å². The molecule has 0 unspecified atom stereocenters. The normalized spacial score (nSPS) is 10.9. The molecule has 8 heteroatoms. The van der Waals surface area contributed by atoms with Crippen LogP contribution in [-0.4, -0.2) is 43.0 Å². The number of hydrazone groups is 1. The molecule has 3 aromatic rings. The summed E-state index contributed by atoms with van der Waals surface area (Å²) < 4.78 is 17.7. The number of fused-ring (bicyclic) bond motifs is 1. The Labute approximate surface area is 156 Å². The molecule has 3 rings (SSSR count). The van der Waals surface area contributed by atoms with Gasteiger partial charge in [0.2, 0.25) is 5.75 Å². The highest BCUT2D eigenvalue weighted by molar-refractivity contribution is 5.87. The number of amides is 1. The maximum Gasteiger partial charge on any atom is 0.260 e. The smallest absolute Gasteiger partial charge is 0.260 e. The van der Waals surface area contributed by atoms with Crippen LogP contribution >= 0.6 is 0 Å². The number of ether oxygens (including phenoxy) is 3. The van der Waals surface area contributed by atoms with Gasteiger partial charge in [-0.15, -0.1) is 0 Å². The van der Waals surface area contributed by atoms with Gasteiger partial charge in [0.05, 0.1) is 44.9 Å². The van der Waals surface area contributed by atoms with Gasteiger partial charge in [0.15, 0.2) is 11.5 Å². The van der Waals surface area contributed by atoms with Gasteiger partial charge >= 0.3 is 0 Å². The first-order valence-electron chi connectivity index (χ1n) is 8.18. The lowest BCUT2D eigenvalue weighted by molar-refractivity contribution is -0.121. The van der Waals surface area contributed by atoms with Crippen LogP contribution in [0.15, 0.2) is 47.8 Å². The molecule has 0 saturated heterocycles. The minimum absolute atomic E-state index is 0.112. The van der Waals surface area contributed by atoms with Crippen molar-refractivity contribution >= 4 is 23.2 Å². The second-order valence-corrected chi connectivity index (χ2v) is 5.58. The van der Waals surface area contributed by atoms with Crippen LogP contribution in [0.4, 0.5) is 0 Å². The number of hydrogen-bond acceptors (Lipinski definition) is 6. The summed E-state index contributed by atoms with van der Waals surface area (Å²) in [6.45, 7) is 0.112. The van der Waals surface area contributed by atoms with E-state index >= 15 is 0 Å². The lowest BCUT2D eigenvalue weighted by Gasteiger charge is -2.13. The third kappa shape index (κ3) is 3.84. The van der Waals surface area contributed by atoms with Crippen LogP contribution in [0.5, 0.6) is 17.2 Å². The first kappa shape index (κ1) is 18.2. The van der Waals surface area contributed by atoms with E-state index in [1.165, 1.54) is 20.4 Å². The fraction of sp³-hybridized carbons (Fsp3) is 0.211. The van der Waals surface area contributed by atoms with Crippen molar-refractivity contribution in [2.75, 3.05) is 21.3 Å². The number of nitrogens with one attached hydrogen (secondary N) is 1. The summed E-state index contributed by atoms with van der Waals surface area (Å²) in [7, 11) is 4.60. The summed E-state index contributed by atoms with van der Waals surface area (Å²) in [4.78, 5) is 16.4. The number of aromatic nitrogens is 2. The first-order chi connectivity index (χ1) is 13.2. The van der Waals surface area contributed by atoms with Crippen LogP contribution in [0.2, 0.25) is 0 Å². The van der Waals surface area contributed by atoms with Gasteiger partial charge < -0.3 is 18.8 Å². The Morgan fingerprint density at radius 2 is 1.89 bits per heavy atom. The summed E-state index contributed by atoms with van der Waals surface area (Å²) in [5.41, 5.74) is 4.87. The van der Waals surface area contributed by atoms with E-state index in [2.05, 4.69) is 15.5 Å². The van der Waals surface area contributed by atoms with E-state index in [-0.39, 0.29) is 12.5 Å². The van der Waals surface area contributed by atoms with Gasteiger partial charge in [0.1, 0.15) is 6.54 Å². The average molecular weight is 368 g/mol. The Morgan fingerprint density at radius 3 is 2.63 bits per heavy atom. The fourth-order valence-electron chi connectivity index (χ4n) is 2.73. The second kappa shape index (κ2) is 8.22. The lowest BCUT2D eigenvalue weighted by atomic mass is 10.2. The Hall–Kier alpha value is -3.55. The summed E-state index contributed by atoms with van der Waals surface area (Å²) in [6, 6.07) is 11.1. The maximum atomic E-state index is 12.2. The van der Waals surface area contributed by atoms with Gasteiger partial charge in [-0.2, -0.15) is 5.10 Å². The number of para-hydroxylation sites is 2. The molecule has 1 N–H and O–H groups in total. The van der Waals surface area contributed by atoms with E-state index < -0.39 is 0 Å². The quantitative estimate of drug-likeness (QED) is 0.510. The van der Waals surface area contributed by atoms with Crippen LogP contribution in [-0.2, 0) is 11.3 Å². The number of carbonyl (C=O) groups is 1. The molecule has 0 spiro atoms. The predicted molar refractivity (Wildman–Crippen MR) is 102 cm³/mol. The molecule has 8 nitrogen and oxygen atoms in total. The van der Waals surface area contributed by atoms with Crippen LogP contribution in [0.25, 0.3) is 11.0 Å². The summed E-state index contributed by atoms with van der Waals surface area (Å²) in [5.74, 6) is 1.20. The Kier molecular flexibility index (Phi) is 5.55. The largest absolute Gasteiger partial charge is 0.493 e. The van der Waals surface area contributed by atoms with Crippen LogP contribution < -0.4 is 19.6 Å². The molecular formula is C19H20N4O4. The maximum absolute atomic E-state index is 12.2. The zero-order valence-electron chi connectivity index (χ0n) is 15.3. The van der Waals surface area contributed by atoms with Crippen LogP contribution in [0.1, 0.15) is 5.56 Å². The monoisotopic (exact) mass is 368 g/mol. The van der Waals surface area contributed by atoms with Crippen LogP contribution in [0, 0.1) is 0 Å². The number of benzene rings is 2. The summed E-state index contributed by atoms with van der Waals surface area (Å²) in [6.07, 6.45) is 3.12. The highest BCUT2D eigenvalue weighted by Gasteiger charge is 2.14. The number of carbonyl (C=O) groups excluding carboxylic acids is 1. The molecule has 1 amide bonds. The Bertz CT molecular complexity index is 981. The molecule has 0 fully saturated rings. The van der Waals surface area contributed by atoms with Crippen molar-refractivity contribution in [3.63, 3.8) is 0 Å². The minimum atomic E-state index is -0.270. The third-order valence-corrected chi connectivity index (χ3v) is 3.97. The molecule has 1 heterocycles. The van der Waals surface area contributed by atoms with Crippen molar-refractivity contribution in [1.82, 2.24) is 15.0 Å². The molecule has 0 aliphatic carbocycles. The molecule has 0 radical (unpaired) electrons. The number of nitrogens with zero attached hydrogens (tertiary/aromatic N) is 3. The van der Waals surface area contributed by atoms with E-state index in [0.29, 0.717) is 22.8 Å². The topological polar surface area (TPSA) is 87.0 Å². The summed E-state index contributed by atoms with van der Waals surface area (Å²) in [5, 5.41) is 4.01. The molecule has 0 saturated carbocycles. The average Bonchev–Trinajstić information content (AvgIpc) is 3.10. The van der Waals surface area contributed by atoms with E-state index in [1.807, 2.05) is 24.3 Å². The second-order valence-electron chi connectivity index (χ2n) is 5.58. The van der Waals surface area contributed by atoms with Crippen molar-refractivity contribution in [2.24, 2.45) is 5.10 Å². The minimum Gasteiger partial charge on any atom is -0.493 e. The number of rotatable bonds is 7. The van der Waals surface area contributed by atoms with Crippen molar-refractivity contribution in [2.45, 2.75) is 6.54 Å². The predicted octanol–water partition coefficient (Wildman–Crippen LogP) is 2.21. The zero-order valence-corrected chi connectivity index (χ0v) is 15.3. The fourth-order valence-corrected chi connectivity index (χ4v) is 2.73. The third-order valence-electron chi connectivity index (χ3n) is 3.97. The molecule has 0 aliphatic rings. The van der Waals surface area contributed by atoms with Crippen molar-refractivity contribution < 1.29 is 19.0 Å². The molecule has 140 valence electrons. The molecule has 2 aromatic carbocycles. The zero-order chi connectivity index (χ0) is 19.2. The molecule has 1 aromatic heterocycles. The van der Waals surface area contributed by atoms with Gasteiger partial charge in [-0.05, 0) is 24.3 Å². The highest BCUT2D eigenvalue weighted by Crippen LogP contribution is 2.38. The Balaban J connectivity index is 1.71. The first-order valence-corrected chi connectivity index (χ1v) is 8.18. The molecule has 0 atom stereocenters. The van der Waals surface area contributed by atoms with E-state index in [9.17, 15) is 4.79 Å². The highest BCUT2D eigenvalue weighted by atomic mass is 16.5. The SMILES string of the molecule is COc1ccc(/C=N/NC(=O)Cn2cnc3ccccc32)c(OC)c1OC. The van der Waals surface area contributed by atoms with Gasteiger partial charge in [-0.1, -0.05) is 12.1 Å². The van der Waals surface area contributed by atoms with Crippen molar-refractivity contribution in [3.8, 4) is 17.2 Å². The number of hydrogen-bond donors (Lipinski definition) is 1. The molecule has 0 bridgehead atoms. The summed E-state index contributed by atoms with van der Waals surface area (Å²) >= 11 is 0. The van der Waals surface area contributed by atoms with Gasteiger partial charge in [0.25, 0.3) is 5.91 Å².